The van der Waals surface area contributed by atoms with Crippen molar-refractivity contribution in [3.8, 4) is 0 Å². The van der Waals surface area contributed by atoms with Crippen LogP contribution in [0.5, 0.6) is 0 Å². The maximum absolute atomic E-state index is 11.8. The molecule has 3 heteroatoms. The number of urea groups is 1. The Morgan fingerprint density at radius 3 is 2.41 bits per heavy atom. The molecule has 2 N–H and O–H groups in total. The number of rotatable bonds is 3. The van der Waals surface area contributed by atoms with Crippen molar-refractivity contribution in [2.45, 2.75) is 64.3 Å². The van der Waals surface area contributed by atoms with Gasteiger partial charge in [-0.3, -0.25) is 0 Å². The van der Waals surface area contributed by atoms with E-state index in [2.05, 4.69) is 17.6 Å². The van der Waals surface area contributed by atoms with Gasteiger partial charge in [0.15, 0.2) is 0 Å². The average molecular weight is 238 g/mol. The lowest BCUT2D eigenvalue weighted by molar-refractivity contribution is 0.220. The number of nitrogens with one attached hydrogen (secondary N) is 2. The Bertz CT molecular complexity index is 249. The van der Waals surface area contributed by atoms with Gasteiger partial charge < -0.3 is 10.6 Å². The Morgan fingerprint density at radius 2 is 1.71 bits per heavy atom. The largest absolute Gasteiger partial charge is 0.338 e. The molecule has 0 spiro atoms. The maximum Gasteiger partial charge on any atom is 0.315 e. The van der Waals surface area contributed by atoms with Crippen LogP contribution in [0.1, 0.15) is 58.3 Å². The van der Waals surface area contributed by atoms with E-state index in [0.29, 0.717) is 12.0 Å². The molecule has 3 nitrogen and oxygen atoms in total. The number of carbonyl (C=O) groups is 1. The third-order valence-corrected chi connectivity index (χ3v) is 4.45. The first kappa shape index (κ1) is 12.7. The van der Waals surface area contributed by atoms with E-state index in [9.17, 15) is 4.79 Å². The van der Waals surface area contributed by atoms with E-state index in [0.717, 1.165) is 18.9 Å². The van der Waals surface area contributed by atoms with Gasteiger partial charge in [-0.1, -0.05) is 32.6 Å². The summed E-state index contributed by atoms with van der Waals surface area (Å²) in [5, 5.41) is 6.18. The predicted molar refractivity (Wildman–Crippen MR) is 69.9 cm³/mol. The molecule has 2 atom stereocenters. The van der Waals surface area contributed by atoms with Crippen LogP contribution in [0.25, 0.3) is 0 Å². The van der Waals surface area contributed by atoms with Crippen LogP contribution in [0.2, 0.25) is 0 Å². The Hall–Kier alpha value is -0.730. The molecule has 0 saturated heterocycles. The second kappa shape index (κ2) is 6.27. The van der Waals surface area contributed by atoms with Crippen molar-refractivity contribution in [1.29, 1.82) is 0 Å². The Labute approximate surface area is 105 Å². The van der Waals surface area contributed by atoms with Crippen LogP contribution in [0.4, 0.5) is 4.79 Å². The van der Waals surface area contributed by atoms with Crippen molar-refractivity contribution < 1.29 is 4.79 Å². The SMILES string of the molecule is CC1CCCCC1NC(=O)NCC1CCCC1. The highest BCUT2D eigenvalue weighted by atomic mass is 16.2. The van der Waals surface area contributed by atoms with Crippen molar-refractivity contribution in [3.05, 3.63) is 0 Å². The van der Waals surface area contributed by atoms with Crippen molar-refractivity contribution in [2.75, 3.05) is 6.54 Å². The molecule has 2 aliphatic carbocycles. The van der Waals surface area contributed by atoms with Crippen molar-refractivity contribution >= 4 is 6.03 Å². The minimum atomic E-state index is 0.0515. The molecular weight excluding hydrogens is 212 g/mol. The summed E-state index contributed by atoms with van der Waals surface area (Å²) in [6.45, 7) is 3.12. The summed E-state index contributed by atoms with van der Waals surface area (Å²) in [5.41, 5.74) is 0. The normalized spacial score (nSPS) is 30.2. The molecule has 0 heterocycles. The summed E-state index contributed by atoms with van der Waals surface area (Å²) in [5.74, 6) is 1.37. The van der Waals surface area contributed by atoms with E-state index in [-0.39, 0.29) is 6.03 Å². The molecule has 0 aromatic heterocycles. The van der Waals surface area contributed by atoms with E-state index in [1.54, 1.807) is 0 Å². The lowest BCUT2D eigenvalue weighted by Crippen LogP contribution is -2.47. The Balaban J connectivity index is 1.65. The highest BCUT2D eigenvalue weighted by molar-refractivity contribution is 5.74. The molecular formula is C14H26N2O. The molecule has 0 radical (unpaired) electrons. The average Bonchev–Trinajstić information content (AvgIpc) is 2.82. The maximum atomic E-state index is 11.8. The number of hydrogen-bond acceptors (Lipinski definition) is 1. The van der Waals surface area contributed by atoms with Gasteiger partial charge in [0.05, 0.1) is 0 Å². The minimum Gasteiger partial charge on any atom is -0.338 e. The zero-order valence-corrected chi connectivity index (χ0v) is 11.0. The number of amides is 2. The first-order chi connectivity index (χ1) is 8.25. The van der Waals surface area contributed by atoms with Gasteiger partial charge in [-0.05, 0) is 37.5 Å². The molecule has 2 amide bonds. The van der Waals surface area contributed by atoms with Crippen LogP contribution < -0.4 is 10.6 Å². The van der Waals surface area contributed by atoms with Gasteiger partial charge in [0.25, 0.3) is 0 Å². The summed E-state index contributed by atoms with van der Waals surface area (Å²) in [6.07, 6.45) is 10.3. The molecule has 0 aliphatic heterocycles. The summed E-state index contributed by atoms with van der Waals surface area (Å²) >= 11 is 0. The summed E-state index contributed by atoms with van der Waals surface area (Å²) in [6, 6.07) is 0.447. The van der Waals surface area contributed by atoms with E-state index in [1.807, 2.05) is 0 Å². The fourth-order valence-electron chi connectivity index (χ4n) is 3.20. The smallest absolute Gasteiger partial charge is 0.315 e. The zero-order chi connectivity index (χ0) is 12.1. The quantitative estimate of drug-likeness (QED) is 0.779. The molecule has 98 valence electrons. The molecule has 17 heavy (non-hydrogen) atoms. The van der Waals surface area contributed by atoms with Crippen molar-refractivity contribution in [3.63, 3.8) is 0 Å². The van der Waals surface area contributed by atoms with Gasteiger partial charge in [0, 0.05) is 12.6 Å². The van der Waals surface area contributed by atoms with Gasteiger partial charge in [0.2, 0.25) is 0 Å². The molecule has 2 unspecified atom stereocenters. The standard InChI is InChI=1S/C14H26N2O/c1-11-6-2-5-9-13(11)16-14(17)15-10-12-7-3-4-8-12/h11-13H,2-10H2,1H3,(H2,15,16,17). The van der Waals surface area contributed by atoms with Crippen LogP contribution in [-0.4, -0.2) is 18.6 Å². The fourth-order valence-corrected chi connectivity index (χ4v) is 3.20. The third kappa shape index (κ3) is 3.90. The van der Waals surface area contributed by atoms with E-state index in [4.69, 9.17) is 0 Å². The van der Waals surface area contributed by atoms with Gasteiger partial charge in [-0.2, -0.15) is 0 Å². The monoisotopic (exact) mass is 238 g/mol. The van der Waals surface area contributed by atoms with Gasteiger partial charge >= 0.3 is 6.03 Å². The predicted octanol–water partition coefficient (Wildman–Crippen LogP) is 3.05. The van der Waals surface area contributed by atoms with Crippen LogP contribution >= 0.6 is 0 Å². The third-order valence-electron chi connectivity index (χ3n) is 4.45. The Kier molecular flexibility index (Phi) is 4.69. The second-order valence-electron chi connectivity index (χ2n) is 5.87. The molecule has 0 aromatic carbocycles. The topological polar surface area (TPSA) is 41.1 Å². The van der Waals surface area contributed by atoms with E-state index < -0.39 is 0 Å². The van der Waals surface area contributed by atoms with Crippen molar-refractivity contribution in [2.24, 2.45) is 11.8 Å². The lowest BCUT2D eigenvalue weighted by atomic mass is 9.86. The molecule has 0 bridgehead atoms. The first-order valence-corrected chi connectivity index (χ1v) is 7.30. The molecule has 2 fully saturated rings. The Morgan fingerprint density at radius 1 is 1.06 bits per heavy atom. The van der Waals surface area contributed by atoms with Crippen LogP contribution in [0.3, 0.4) is 0 Å². The zero-order valence-electron chi connectivity index (χ0n) is 11.0. The highest BCUT2D eigenvalue weighted by Crippen LogP contribution is 2.24. The lowest BCUT2D eigenvalue weighted by Gasteiger charge is -2.29. The summed E-state index contributed by atoms with van der Waals surface area (Å²) in [4.78, 5) is 11.8. The molecule has 2 rings (SSSR count). The molecule has 0 aromatic rings. The van der Waals surface area contributed by atoms with Crippen LogP contribution in [0.15, 0.2) is 0 Å². The van der Waals surface area contributed by atoms with Gasteiger partial charge in [0.1, 0.15) is 0 Å². The van der Waals surface area contributed by atoms with E-state index >= 15 is 0 Å². The molecule has 2 saturated carbocycles. The first-order valence-electron chi connectivity index (χ1n) is 7.30. The second-order valence-corrected chi connectivity index (χ2v) is 5.87. The van der Waals surface area contributed by atoms with Gasteiger partial charge in [-0.25, -0.2) is 4.79 Å². The van der Waals surface area contributed by atoms with Crippen LogP contribution in [-0.2, 0) is 0 Å². The highest BCUT2D eigenvalue weighted by Gasteiger charge is 2.23. The molecule has 2 aliphatic rings. The minimum absolute atomic E-state index is 0.0515. The van der Waals surface area contributed by atoms with Crippen LogP contribution in [0, 0.1) is 11.8 Å². The summed E-state index contributed by atoms with van der Waals surface area (Å²) in [7, 11) is 0. The van der Waals surface area contributed by atoms with Crippen molar-refractivity contribution in [1.82, 2.24) is 10.6 Å². The number of hydrogen-bond donors (Lipinski definition) is 2. The summed E-state index contributed by atoms with van der Waals surface area (Å²) < 4.78 is 0. The number of carbonyl (C=O) groups excluding carboxylic acids is 1. The fraction of sp³-hybridized carbons (Fsp3) is 0.929. The van der Waals surface area contributed by atoms with E-state index in [1.165, 1.54) is 44.9 Å². The van der Waals surface area contributed by atoms with Gasteiger partial charge in [-0.15, -0.1) is 0 Å².